The normalized spacial score (nSPS) is 36.0. The van der Waals surface area contributed by atoms with Gasteiger partial charge in [-0.3, -0.25) is 4.79 Å². The highest BCUT2D eigenvalue weighted by atomic mass is 16.2. The van der Waals surface area contributed by atoms with Crippen molar-refractivity contribution in [3.05, 3.63) is 42.0 Å². The fourth-order valence-electron chi connectivity index (χ4n) is 7.11. The van der Waals surface area contributed by atoms with Crippen molar-refractivity contribution in [2.45, 2.75) is 63.3 Å². The first kappa shape index (κ1) is 15.8. The van der Waals surface area contributed by atoms with E-state index >= 15 is 0 Å². The lowest BCUT2D eigenvalue weighted by atomic mass is 9.46. The third kappa shape index (κ3) is 2.33. The molecule has 1 amide bonds. The maximum absolute atomic E-state index is 13.5. The van der Waals surface area contributed by atoms with E-state index < -0.39 is 0 Å². The van der Waals surface area contributed by atoms with Crippen LogP contribution < -0.4 is 5.32 Å². The molecule has 0 saturated heterocycles. The maximum atomic E-state index is 13.5. The average molecular weight is 362 g/mol. The van der Waals surface area contributed by atoms with Crippen LogP contribution in [0.2, 0.25) is 0 Å². The van der Waals surface area contributed by atoms with Gasteiger partial charge in [-0.25, -0.2) is 9.67 Å². The summed E-state index contributed by atoms with van der Waals surface area (Å²) >= 11 is 0. The lowest BCUT2D eigenvalue weighted by Crippen LogP contribution is -2.60. The van der Waals surface area contributed by atoms with Gasteiger partial charge in [-0.2, -0.15) is 5.10 Å². The SMILES string of the molecule is O=C(Nc1ccc2c(c1)CCC2)C12CC3CC(C1)CC(n1cncn1)(C3)C2. The van der Waals surface area contributed by atoms with Gasteiger partial charge in [-0.1, -0.05) is 6.07 Å². The number of hydrogen-bond acceptors (Lipinski definition) is 3. The molecule has 4 bridgehead atoms. The molecule has 2 aromatic rings. The van der Waals surface area contributed by atoms with Crippen LogP contribution in [0.25, 0.3) is 0 Å². The molecule has 5 aliphatic rings. The molecular weight excluding hydrogens is 336 g/mol. The van der Waals surface area contributed by atoms with Crippen LogP contribution in [0.1, 0.15) is 56.1 Å². The summed E-state index contributed by atoms with van der Waals surface area (Å²) in [5.74, 6) is 1.52. The number of nitrogens with zero attached hydrogens (tertiary/aromatic N) is 3. The molecule has 0 radical (unpaired) electrons. The van der Waals surface area contributed by atoms with Gasteiger partial charge in [0.05, 0.1) is 11.0 Å². The zero-order valence-corrected chi connectivity index (χ0v) is 15.7. The second kappa shape index (κ2) is 5.43. The molecule has 2 unspecified atom stereocenters. The van der Waals surface area contributed by atoms with Gasteiger partial charge < -0.3 is 5.32 Å². The molecule has 27 heavy (non-hydrogen) atoms. The first-order chi connectivity index (χ1) is 13.1. The summed E-state index contributed by atoms with van der Waals surface area (Å²) in [5, 5.41) is 7.80. The molecule has 0 spiro atoms. The Morgan fingerprint density at radius 2 is 1.93 bits per heavy atom. The second-order valence-corrected chi connectivity index (χ2v) is 9.60. The van der Waals surface area contributed by atoms with Gasteiger partial charge in [0.1, 0.15) is 12.7 Å². The van der Waals surface area contributed by atoms with Gasteiger partial charge in [-0.15, -0.1) is 0 Å². The number of anilines is 1. The second-order valence-electron chi connectivity index (χ2n) is 9.60. The Kier molecular flexibility index (Phi) is 3.19. The predicted molar refractivity (Wildman–Crippen MR) is 102 cm³/mol. The minimum absolute atomic E-state index is 0.00411. The number of rotatable bonds is 3. The average Bonchev–Trinajstić information content (AvgIpc) is 3.32. The molecule has 1 heterocycles. The van der Waals surface area contributed by atoms with Crippen molar-refractivity contribution < 1.29 is 4.79 Å². The standard InChI is InChI=1S/C22H26N4O/c27-20(25-19-5-4-17-2-1-3-18(17)7-19)21-8-15-6-16(9-21)11-22(10-15,12-21)26-14-23-13-24-26/h4-5,7,13-16H,1-3,6,8-12H2,(H,25,27). The lowest BCUT2D eigenvalue weighted by molar-refractivity contribution is -0.150. The molecule has 1 aromatic heterocycles. The number of carbonyl (C=O) groups excluding carboxylic acids is 1. The van der Waals surface area contributed by atoms with Gasteiger partial charge in [0, 0.05) is 5.69 Å². The van der Waals surface area contributed by atoms with E-state index in [4.69, 9.17) is 0 Å². The third-order valence-electron chi connectivity index (χ3n) is 7.77. The van der Waals surface area contributed by atoms with Crippen LogP contribution >= 0.6 is 0 Å². The highest BCUT2D eigenvalue weighted by molar-refractivity contribution is 5.96. The van der Waals surface area contributed by atoms with E-state index in [1.165, 1.54) is 30.4 Å². The quantitative estimate of drug-likeness (QED) is 0.906. The van der Waals surface area contributed by atoms with Gasteiger partial charge >= 0.3 is 0 Å². The van der Waals surface area contributed by atoms with Crippen LogP contribution in [0.15, 0.2) is 30.9 Å². The third-order valence-corrected chi connectivity index (χ3v) is 7.77. The first-order valence-electron chi connectivity index (χ1n) is 10.4. The Bertz CT molecular complexity index is 889. The van der Waals surface area contributed by atoms with Gasteiger partial charge in [0.2, 0.25) is 5.91 Å². The van der Waals surface area contributed by atoms with Crippen molar-refractivity contribution in [3.8, 4) is 0 Å². The summed E-state index contributed by atoms with van der Waals surface area (Å²) in [6, 6.07) is 6.50. The number of aryl methyl sites for hydroxylation is 2. The molecule has 0 aliphatic heterocycles. The van der Waals surface area contributed by atoms with Crippen LogP contribution in [0.5, 0.6) is 0 Å². The summed E-state index contributed by atoms with van der Waals surface area (Å²) < 4.78 is 2.07. The fourth-order valence-corrected chi connectivity index (χ4v) is 7.11. The topological polar surface area (TPSA) is 59.8 Å². The molecule has 4 fully saturated rings. The highest BCUT2D eigenvalue weighted by Gasteiger charge is 2.61. The van der Waals surface area contributed by atoms with Crippen LogP contribution in [0.3, 0.4) is 0 Å². The molecular formula is C22H26N4O. The number of nitrogens with one attached hydrogen (secondary N) is 1. The van der Waals surface area contributed by atoms with E-state index in [-0.39, 0.29) is 16.9 Å². The Balaban J connectivity index is 1.31. The minimum atomic E-state index is -0.241. The molecule has 2 atom stereocenters. The Morgan fingerprint density at radius 3 is 2.70 bits per heavy atom. The van der Waals surface area contributed by atoms with E-state index in [2.05, 4.69) is 38.3 Å². The zero-order chi connectivity index (χ0) is 18.1. The summed E-state index contributed by atoms with van der Waals surface area (Å²) in [7, 11) is 0. The van der Waals surface area contributed by atoms with Crippen molar-refractivity contribution in [3.63, 3.8) is 0 Å². The minimum Gasteiger partial charge on any atom is -0.326 e. The van der Waals surface area contributed by atoms with Gasteiger partial charge in [0.15, 0.2) is 0 Å². The summed E-state index contributed by atoms with van der Waals surface area (Å²) in [4.78, 5) is 17.7. The lowest BCUT2D eigenvalue weighted by Gasteiger charge is -2.60. The molecule has 1 aromatic carbocycles. The van der Waals surface area contributed by atoms with Crippen molar-refractivity contribution in [2.75, 3.05) is 5.32 Å². The van der Waals surface area contributed by atoms with E-state index in [9.17, 15) is 4.79 Å². The highest BCUT2D eigenvalue weighted by Crippen LogP contribution is 2.64. The summed E-state index contributed by atoms with van der Waals surface area (Å²) in [5.41, 5.74) is 3.60. The number of benzene rings is 1. The maximum Gasteiger partial charge on any atom is 0.230 e. The summed E-state index contributed by atoms with van der Waals surface area (Å²) in [6.45, 7) is 0. The smallest absolute Gasteiger partial charge is 0.230 e. The molecule has 1 N–H and O–H groups in total. The number of aromatic nitrogens is 3. The molecule has 4 saturated carbocycles. The van der Waals surface area contributed by atoms with Gasteiger partial charge in [0.25, 0.3) is 0 Å². The fraction of sp³-hybridized carbons (Fsp3) is 0.591. The van der Waals surface area contributed by atoms with Crippen molar-refractivity contribution in [1.82, 2.24) is 14.8 Å². The predicted octanol–water partition coefficient (Wildman–Crippen LogP) is 3.70. The molecule has 7 rings (SSSR count). The van der Waals surface area contributed by atoms with Gasteiger partial charge in [-0.05, 0) is 92.9 Å². The molecule has 5 nitrogen and oxygen atoms in total. The van der Waals surface area contributed by atoms with E-state index in [1.54, 1.807) is 6.33 Å². The Morgan fingerprint density at radius 1 is 1.11 bits per heavy atom. The number of fused-ring (bicyclic) bond motifs is 1. The van der Waals surface area contributed by atoms with Crippen LogP contribution in [-0.4, -0.2) is 20.7 Å². The molecule has 5 aliphatic carbocycles. The van der Waals surface area contributed by atoms with Crippen molar-refractivity contribution in [2.24, 2.45) is 17.3 Å². The van der Waals surface area contributed by atoms with Crippen molar-refractivity contribution >= 4 is 11.6 Å². The number of hydrogen-bond donors (Lipinski definition) is 1. The zero-order valence-electron chi connectivity index (χ0n) is 15.7. The first-order valence-corrected chi connectivity index (χ1v) is 10.4. The van der Waals surface area contributed by atoms with E-state index in [0.29, 0.717) is 11.8 Å². The van der Waals surface area contributed by atoms with Crippen molar-refractivity contribution in [1.29, 1.82) is 0 Å². The molecule has 140 valence electrons. The van der Waals surface area contributed by atoms with Crippen LogP contribution in [-0.2, 0) is 23.2 Å². The van der Waals surface area contributed by atoms with E-state index in [1.807, 2.05) is 6.33 Å². The monoisotopic (exact) mass is 362 g/mol. The summed E-state index contributed by atoms with van der Waals surface area (Å²) in [6.07, 6.45) is 13.6. The Labute approximate surface area is 159 Å². The van der Waals surface area contributed by atoms with E-state index in [0.717, 1.165) is 44.2 Å². The van der Waals surface area contributed by atoms with Crippen LogP contribution in [0, 0.1) is 17.3 Å². The Hall–Kier alpha value is -2.17. The number of carbonyl (C=O) groups is 1. The number of amides is 1. The largest absolute Gasteiger partial charge is 0.326 e. The van der Waals surface area contributed by atoms with Crippen LogP contribution in [0.4, 0.5) is 5.69 Å². The molecule has 5 heteroatoms.